The van der Waals surface area contributed by atoms with Gasteiger partial charge in [0.1, 0.15) is 0 Å². The van der Waals surface area contributed by atoms with Crippen molar-refractivity contribution in [1.29, 1.82) is 0 Å². The quantitative estimate of drug-likeness (QED) is 0.558. The number of benzene rings is 1. The Bertz CT molecular complexity index is 407. The van der Waals surface area contributed by atoms with E-state index in [0.29, 0.717) is 17.0 Å². The molecule has 0 radical (unpaired) electrons. The fourth-order valence-corrected chi connectivity index (χ4v) is 10.3. The maximum absolute atomic E-state index is 4.46. The van der Waals surface area contributed by atoms with Gasteiger partial charge in [0.15, 0.2) is 0 Å². The molecule has 2 fully saturated rings. The van der Waals surface area contributed by atoms with Gasteiger partial charge in [-0.1, -0.05) is 58.4 Å². The van der Waals surface area contributed by atoms with Crippen molar-refractivity contribution in [1.82, 2.24) is 0 Å². The highest BCUT2D eigenvalue weighted by molar-refractivity contribution is 7.73. The summed E-state index contributed by atoms with van der Waals surface area (Å²) >= 11 is 0. The lowest BCUT2D eigenvalue weighted by molar-refractivity contribution is 0.801. The van der Waals surface area contributed by atoms with E-state index >= 15 is 0 Å². The molecule has 110 valence electrons. The molecule has 2 aliphatic heterocycles. The maximum Gasteiger partial charge on any atom is -0.0185 e. The van der Waals surface area contributed by atoms with Gasteiger partial charge in [-0.2, -0.15) is 0 Å². The first-order valence-corrected chi connectivity index (χ1v) is 10.7. The number of rotatable bonds is 2. The topological polar surface area (TPSA) is 0 Å². The second-order valence-corrected chi connectivity index (χ2v) is 11.9. The van der Waals surface area contributed by atoms with E-state index in [1.54, 1.807) is 10.6 Å². The number of hydrogen-bond acceptors (Lipinski definition) is 0. The van der Waals surface area contributed by atoms with E-state index in [4.69, 9.17) is 0 Å². The Hall–Kier alpha value is 0.0800. The molecular formula is C18H25P2-3. The van der Waals surface area contributed by atoms with Crippen LogP contribution in [-0.2, 0) is 0 Å². The largest absolute Gasteiger partial charge is 0.336 e. The molecule has 2 saturated heterocycles. The minimum Gasteiger partial charge on any atom is -0.336 e. The van der Waals surface area contributed by atoms with Crippen molar-refractivity contribution < 1.29 is 0 Å². The van der Waals surface area contributed by atoms with Gasteiger partial charge in [-0.15, -0.1) is 24.9 Å². The number of hydrogen-bond donors (Lipinski definition) is 0. The Morgan fingerprint density at radius 1 is 0.800 bits per heavy atom. The molecule has 0 aliphatic carbocycles. The van der Waals surface area contributed by atoms with Crippen LogP contribution in [0.2, 0.25) is 0 Å². The second kappa shape index (κ2) is 6.06. The molecule has 0 nitrogen and oxygen atoms in total. The molecule has 5 atom stereocenters. The van der Waals surface area contributed by atoms with Crippen LogP contribution in [0.4, 0.5) is 0 Å². The summed E-state index contributed by atoms with van der Waals surface area (Å²) in [5.74, 6) is 0. The molecular weight excluding hydrogens is 278 g/mol. The zero-order chi connectivity index (χ0) is 14.3. The van der Waals surface area contributed by atoms with E-state index in [1.165, 1.54) is 25.7 Å². The zero-order valence-electron chi connectivity index (χ0n) is 12.5. The Balaban J connectivity index is 2.00. The first kappa shape index (κ1) is 15.0. The molecule has 2 aliphatic rings. The van der Waals surface area contributed by atoms with E-state index in [-0.39, 0.29) is 15.8 Å². The summed E-state index contributed by atoms with van der Waals surface area (Å²) in [6.07, 6.45) is 5.18. The van der Waals surface area contributed by atoms with Gasteiger partial charge in [-0.05, 0) is 22.7 Å². The van der Waals surface area contributed by atoms with Crippen LogP contribution in [0.1, 0.15) is 32.6 Å². The fourth-order valence-electron chi connectivity index (χ4n) is 3.76. The summed E-state index contributed by atoms with van der Waals surface area (Å²) in [7, 11) is -0.260. The van der Waals surface area contributed by atoms with Crippen molar-refractivity contribution in [3.8, 4) is 0 Å². The van der Waals surface area contributed by atoms with Crippen LogP contribution < -0.4 is 10.6 Å². The average Bonchev–Trinajstić information content (AvgIpc) is 2.93. The molecule has 0 saturated carbocycles. The van der Waals surface area contributed by atoms with Crippen LogP contribution in [0.15, 0.2) is 24.3 Å². The predicted octanol–water partition coefficient (Wildman–Crippen LogP) is 4.49. The standard InChI is InChI=1S/C18H25P2/c1-13-9-10-14(2)19(13)17-7-5-6-8-18(17)20-15(3)11-12-16(20)4/h5-8,13-16H,1-3,9-12H2,4H3/q-3. The maximum atomic E-state index is 4.46. The Kier molecular flexibility index (Phi) is 4.54. The van der Waals surface area contributed by atoms with E-state index in [0.717, 1.165) is 5.66 Å². The highest BCUT2D eigenvalue weighted by atomic mass is 31.1. The molecule has 0 N–H and O–H groups in total. The van der Waals surface area contributed by atoms with Gasteiger partial charge in [-0.25, -0.2) is 0 Å². The second-order valence-electron chi connectivity index (χ2n) is 6.27. The van der Waals surface area contributed by atoms with Gasteiger partial charge in [-0.3, -0.25) is 0 Å². The van der Waals surface area contributed by atoms with Crippen LogP contribution in [-0.4, -0.2) is 22.6 Å². The minimum atomic E-state index is -0.171. The third-order valence-electron chi connectivity index (χ3n) is 4.84. The van der Waals surface area contributed by atoms with Crippen molar-refractivity contribution in [3.05, 3.63) is 45.0 Å². The molecule has 20 heavy (non-hydrogen) atoms. The highest BCUT2D eigenvalue weighted by Crippen LogP contribution is 2.58. The monoisotopic (exact) mass is 303 g/mol. The molecule has 3 rings (SSSR count). The predicted molar refractivity (Wildman–Crippen MR) is 94.9 cm³/mol. The summed E-state index contributed by atoms with van der Waals surface area (Å²) in [5.41, 5.74) is 2.68. The van der Waals surface area contributed by atoms with Crippen molar-refractivity contribution >= 4 is 26.5 Å². The van der Waals surface area contributed by atoms with Gasteiger partial charge >= 0.3 is 0 Å². The molecule has 0 amide bonds. The van der Waals surface area contributed by atoms with Crippen molar-refractivity contribution in [3.63, 3.8) is 0 Å². The van der Waals surface area contributed by atoms with Gasteiger partial charge in [0.2, 0.25) is 0 Å². The summed E-state index contributed by atoms with van der Waals surface area (Å²) < 4.78 is 0. The third kappa shape index (κ3) is 2.60. The summed E-state index contributed by atoms with van der Waals surface area (Å²) in [6, 6.07) is 9.21. The third-order valence-corrected chi connectivity index (χ3v) is 11.3. The van der Waals surface area contributed by atoms with Gasteiger partial charge in [0, 0.05) is 0 Å². The zero-order valence-corrected chi connectivity index (χ0v) is 14.3. The molecule has 1 aromatic rings. The van der Waals surface area contributed by atoms with Crippen LogP contribution in [0.25, 0.3) is 0 Å². The SMILES string of the molecule is [CH2-]C1CCC([CH2-])P1c1ccccc1P1C([CH2-])CCC1C. The Labute approximate surface area is 127 Å². The van der Waals surface area contributed by atoms with E-state index in [9.17, 15) is 0 Å². The summed E-state index contributed by atoms with van der Waals surface area (Å²) in [5, 5.41) is 3.26. The molecule has 1 aromatic carbocycles. The summed E-state index contributed by atoms with van der Waals surface area (Å²) in [4.78, 5) is 0. The fraction of sp³-hybridized carbons (Fsp3) is 0.500. The first-order valence-electron chi connectivity index (χ1n) is 7.74. The van der Waals surface area contributed by atoms with Crippen molar-refractivity contribution in [2.45, 2.75) is 55.2 Å². The molecule has 5 unspecified atom stereocenters. The van der Waals surface area contributed by atoms with Gasteiger partial charge in [0.25, 0.3) is 0 Å². The molecule has 0 aromatic heterocycles. The van der Waals surface area contributed by atoms with E-state index in [2.05, 4.69) is 52.0 Å². The lowest BCUT2D eigenvalue weighted by Crippen LogP contribution is -2.28. The van der Waals surface area contributed by atoms with Crippen molar-refractivity contribution in [2.24, 2.45) is 0 Å². The molecule has 0 spiro atoms. The smallest absolute Gasteiger partial charge is 0.0185 e. The molecule has 2 heterocycles. The van der Waals surface area contributed by atoms with E-state index < -0.39 is 0 Å². The Morgan fingerprint density at radius 2 is 1.25 bits per heavy atom. The van der Waals surface area contributed by atoms with Crippen LogP contribution >= 0.6 is 15.8 Å². The Morgan fingerprint density at radius 3 is 1.75 bits per heavy atom. The van der Waals surface area contributed by atoms with Gasteiger partial charge < -0.3 is 20.8 Å². The molecule has 2 heteroatoms. The average molecular weight is 303 g/mol. The molecule has 0 bridgehead atoms. The lowest BCUT2D eigenvalue weighted by atomic mass is 10.2. The van der Waals surface area contributed by atoms with Crippen LogP contribution in [0.5, 0.6) is 0 Å². The normalized spacial score (nSPS) is 41.2. The van der Waals surface area contributed by atoms with E-state index in [1.807, 2.05) is 0 Å². The van der Waals surface area contributed by atoms with Crippen LogP contribution in [0, 0.1) is 20.8 Å². The summed E-state index contributed by atoms with van der Waals surface area (Å²) in [6.45, 7) is 15.7. The minimum absolute atomic E-state index is 0.0881. The van der Waals surface area contributed by atoms with Crippen LogP contribution in [0.3, 0.4) is 0 Å². The van der Waals surface area contributed by atoms with Gasteiger partial charge in [0.05, 0.1) is 0 Å². The van der Waals surface area contributed by atoms with Crippen molar-refractivity contribution in [2.75, 3.05) is 0 Å². The first-order chi connectivity index (χ1) is 9.59. The highest BCUT2D eigenvalue weighted by Gasteiger charge is 2.32. The lowest BCUT2D eigenvalue weighted by Gasteiger charge is -2.36.